The maximum absolute atomic E-state index is 13.3. The van der Waals surface area contributed by atoms with Crippen LogP contribution >= 0.6 is 0 Å². The van der Waals surface area contributed by atoms with Gasteiger partial charge in [0.05, 0.1) is 35.5 Å². The third-order valence-corrected chi connectivity index (χ3v) is 6.75. The molecule has 0 atom stereocenters. The van der Waals surface area contributed by atoms with Crippen LogP contribution in [0.3, 0.4) is 0 Å². The number of benzene rings is 1. The number of hydrogen-bond donors (Lipinski definition) is 0. The summed E-state index contributed by atoms with van der Waals surface area (Å²) in [5, 5.41) is 4.61. The fourth-order valence-electron chi connectivity index (χ4n) is 3.40. The van der Waals surface area contributed by atoms with Crippen molar-refractivity contribution in [2.75, 3.05) is 13.7 Å². The second-order valence-electron chi connectivity index (χ2n) is 6.67. The largest absolute Gasteiger partial charge is 0.465 e. The van der Waals surface area contributed by atoms with E-state index in [0.29, 0.717) is 19.5 Å². The van der Waals surface area contributed by atoms with Gasteiger partial charge in [-0.05, 0) is 36.8 Å². The minimum absolute atomic E-state index is 0.0313. The van der Waals surface area contributed by atoms with E-state index in [0.717, 1.165) is 17.0 Å². The second-order valence-corrected chi connectivity index (χ2v) is 8.57. The lowest BCUT2D eigenvalue weighted by Gasteiger charge is -2.21. The number of nitrogens with zero attached hydrogens (tertiary/aromatic N) is 4. The van der Waals surface area contributed by atoms with E-state index in [9.17, 15) is 13.2 Å². The SMILES string of the molecule is COC(=O)c1ccccc1S(=O)(=O)N1CCCn2nc(-c3cccnc3)cc2C1. The van der Waals surface area contributed by atoms with E-state index >= 15 is 0 Å². The molecule has 0 unspecified atom stereocenters. The van der Waals surface area contributed by atoms with Crippen molar-refractivity contribution in [2.24, 2.45) is 0 Å². The molecule has 0 aliphatic carbocycles. The molecule has 0 saturated heterocycles. The number of rotatable bonds is 4. The van der Waals surface area contributed by atoms with Gasteiger partial charge in [-0.2, -0.15) is 9.40 Å². The highest BCUT2D eigenvalue weighted by Crippen LogP contribution is 2.26. The predicted molar refractivity (Wildman–Crippen MR) is 105 cm³/mol. The molecule has 4 rings (SSSR count). The molecular formula is C20H20N4O4S. The van der Waals surface area contributed by atoms with Crippen molar-refractivity contribution < 1.29 is 17.9 Å². The lowest BCUT2D eigenvalue weighted by atomic mass is 10.2. The Labute approximate surface area is 168 Å². The van der Waals surface area contributed by atoms with Gasteiger partial charge < -0.3 is 4.74 Å². The summed E-state index contributed by atoms with van der Waals surface area (Å²) in [6.45, 7) is 1.12. The average molecular weight is 412 g/mol. The number of carbonyl (C=O) groups excluding carboxylic acids is 1. The molecular weight excluding hydrogens is 392 g/mol. The van der Waals surface area contributed by atoms with Gasteiger partial charge in [0.1, 0.15) is 0 Å². The first-order valence-corrected chi connectivity index (χ1v) is 10.6. The zero-order chi connectivity index (χ0) is 20.4. The number of pyridine rings is 1. The molecule has 1 aromatic carbocycles. The lowest BCUT2D eigenvalue weighted by molar-refractivity contribution is 0.0596. The van der Waals surface area contributed by atoms with Crippen molar-refractivity contribution in [2.45, 2.75) is 24.4 Å². The van der Waals surface area contributed by atoms with Crippen LogP contribution in [-0.4, -0.2) is 47.1 Å². The summed E-state index contributed by atoms with van der Waals surface area (Å²) in [6.07, 6.45) is 4.03. The number of methoxy groups -OCH3 is 1. The molecule has 150 valence electrons. The second kappa shape index (κ2) is 7.76. The maximum Gasteiger partial charge on any atom is 0.339 e. The van der Waals surface area contributed by atoms with E-state index in [-0.39, 0.29) is 17.0 Å². The fourth-order valence-corrected chi connectivity index (χ4v) is 5.03. The Morgan fingerprint density at radius 3 is 2.72 bits per heavy atom. The molecule has 0 N–H and O–H groups in total. The van der Waals surface area contributed by atoms with Gasteiger partial charge in [0.15, 0.2) is 0 Å². The standard InChI is InChI=1S/C20H20N4O4S/c1-28-20(25)17-7-2-3-8-19(17)29(26,27)23-10-5-11-24-16(14-23)12-18(22-24)15-6-4-9-21-13-15/h2-4,6-9,12-13H,5,10-11,14H2,1H3. The first-order chi connectivity index (χ1) is 14.0. The van der Waals surface area contributed by atoms with Crippen molar-refractivity contribution in [3.63, 3.8) is 0 Å². The van der Waals surface area contributed by atoms with E-state index in [1.807, 2.05) is 22.9 Å². The Kier molecular flexibility index (Phi) is 5.16. The molecule has 29 heavy (non-hydrogen) atoms. The lowest BCUT2D eigenvalue weighted by Crippen LogP contribution is -2.32. The summed E-state index contributed by atoms with van der Waals surface area (Å²) in [5.41, 5.74) is 2.45. The predicted octanol–water partition coefficient (Wildman–Crippen LogP) is 2.33. The van der Waals surface area contributed by atoms with E-state index < -0.39 is 16.0 Å². The number of aryl methyl sites for hydroxylation is 1. The average Bonchev–Trinajstić information content (AvgIpc) is 3.05. The van der Waals surface area contributed by atoms with Gasteiger partial charge in [-0.3, -0.25) is 9.67 Å². The number of ether oxygens (including phenoxy) is 1. The van der Waals surface area contributed by atoms with E-state index in [1.54, 1.807) is 24.5 Å². The maximum atomic E-state index is 13.3. The van der Waals surface area contributed by atoms with Crippen LogP contribution in [0.2, 0.25) is 0 Å². The summed E-state index contributed by atoms with van der Waals surface area (Å²) in [6, 6.07) is 11.7. The monoisotopic (exact) mass is 412 g/mol. The van der Waals surface area contributed by atoms with Crippen molar-refractivity contribution in [1.29, 1.82) is 0 Å². The number of carbonyl (C=O) groups is 1. The van der Waals surface area contributed by atoms with Gasteiger partial charge in [0.2, 0.25) is 10.0 Å². The van der Waals surface area contributed by atoms with Gasteiger partial charge in [-0.1, -0.05) is 12.1 Å². The molecule has 3 heterocycles. The van der Waals surface area contributed by atoms with E-state index in [4.69, 9.17) is 4.74 Å². The minimum atomic E-state index is -3.89. The zero-order valence-corrected chi connectivity index (χ0v) is 16.7. The Hall–Kier alpha value is -3.04. The van der Waals surface area contributed by atoms with Gasteiger partial charge in [-0.15, -0.1) is 0 Å². The molecule has 1 aliphatic heterocycles. The summed E-state index contributed by atoms with van der Waals surface area (Å²) >= 11 is 0. The number of sulfonamides is 1. The van der Waals surface area contributed by atoms with Crippen LogP contribution < -0.4 is 0 Å². The van der Waals surface area contributed by atoms with Crippen LogP contribution in [0.5, 0.6) is 0 Å². The summed E-state index contributed by atoms with van der Waals surface area (Å²) in [4.78, 5) is 16.1. The van der Waals surface area contributed by atoms with Crippen LogP contribution in [0, 0.1) is 0 Å². The molecule has 0 bridgehead atoms. The Morgan fingerprint density at radius 2 is 1.97 bits per heavy atom. The molecule has 1 aliphatic rings. The quantitative estimate of drug-likeness (QED) is 0.611. The highest BCUT2D eigenvalue weighted by molar-refractivity contribution is 7.89. The van der Waals surface area contributed by atoms with Crippen molar-refractivity contribution >= 4 is 16.0 Å². The molecule has 3 aromatic rings. The fraction of sp³-hybridized carbons (Fsp3) is 0.250. The number of fused-ring (bicyclic) bond motifs is 1. The van der Waals surface area contributed by atoms with Crippen LogP contribution in [0.4, 0.5) is 0 Å². The van der Waals surface area contributed by atoms with Crippen molar-refractivity contribution in [3.8, 4) is 11.3 Å². The normalized spacial score (nSPS) is 14.8. The van der Waals surface area contributed by atoms with Gasteiger partial charge in [-0.25, -0.2) is 13.2 Å². The van der Waals surface area contributed by atoms with E-state index in [2.05, 4.69) is 10.1 Å². The van der Waals surface area contributed by atoms with Gasteiger partial charge >= 0.3 is 5.97 Å². The van der Waals surface area contributed by atoms with Crippen LogP contribution in [0.15, 0.2) is 59.8 Å². The number of esters is 1. The molecule has 8 nitrogen and oxygen atoms in total. The van der Waals surface area contributed by atoms with Crippen molar-refractivity contribution in [1.82, 2.24) is 19.1 Å². The van der Waals surface area contributed by atoms with Gasteiger partial charge in [0.25, 0.3) is 0 Å². The Morgan fingerprint density at radius 1 is 1.14 bits per heavy atom. The van der Waals surface area contributed by atoms with E-state index in [1.165, 1.54) is 23.5 Å². The van der Waals surface area contributed by atoms with Crippen LogP contribution in [-0.2, 0) is 27.8 Å². The highest BCUT2D eigenvalue weighted by atomic mass is 32.2. The minimum Gasteiger partial charge on any atom is -0.465 e. The smallest absolute Gasteiger partial charge is 0.339 e. The first kappa shape index (κ1) is 19.3. The van der Waals surface area contributed by atoms with Crippen LogP contribution in [0.25, 0.3) is 11.3 Å². The third kappa shape index (κ3) is 3.66. The zero-order valence-electron chi connectivity index (χ0n) is 15.9. The third-order valence-electron chi connectivity index (χ3n) is 4.85. The molecule has 0 radical (unpaired) electrons. The molecule has 9 heteroatoms. The summed E-state index contributed by atoms with van der Waals surface area (Å²) in [5.74, 6) is -0.678. The molecule has 0 spiro atoms. The Bertz CT molecular complexity index is 1140. The topological polar surface area (TPSA) is 94.4 Å². The highest BCUT2D eigenvalue weighted by Gasteiger charge is 2.31. The first-order valence-electron chi connectivity index (χ1n) is 9.15. The molecule has 0 saturated carbocycles. The number of aromatic nitrogens is 3. The molecule has 2 aromatic heterocycles. The van der Waals surface area contributed by atoms with Gasteiger partial charge in [0, 0.05) is 31.0 Å². The summed E-state index contributed by atoms with van der Waals surface area (Å²) in [7, 11) is -2.66. The molecule has 0 fully saturated rings. The number of hydrogen-bond acceptors (Lipinski definition) is 6. The van der Waals surface area contributed by atoms with Crippen molar-refractivity contribution in [3.05, 3.63) is 66.1 Å². The summed E-state index contributed by atoms with van der Waals surface area (Å²) < 4.78 is 34.7. The Balaban J connectivity index is 1.69. The molecule has 0 amide bonds. The van der Waals surface area contributed by atoms with Crippen LogP contribution in [0.1, 0.15) is 22.5 Å².